The highest BCUT2D eigenvalue weighted by atomic mass is 19.4. The van der Waals surface area contributed by atoms with Crippen LogP contribution in [0, 0.1) is 0 Å². The lowest BCUT2D eigenvalue weighted by molar-refractivity contribution is -0.156. The van der Waals surface area contributed by atoms with Gasteiger partial charge in [-0.1, -0.05) is 29.4 Å². The minimum absolute atomic E-state index is 0.0738. The predicted molar refractivity (Wildman–Crippen MR) is 143 cm³/mol. The molecule has 1 aromatic carbocycles. The Morgan fingerprint density at radius 1 is 1.15 bits per heavy atom. The van der Waals surface area contributed by atoms with E-state index in [9.17, 15) is 23.1 Å². The number of carbonyl (C=O) groups is 2. The van der Waals surface area contributed by atoms with Crippen molar-refractivity contribution in [1.29, 1.82) is 0 Å². The van der Waals surface area contributed by atoms with Gasteiger partial charge >= 0.3 is 12.1 Å². The van der Waals surface area contributed by atoms with Gasteiger partial charge in [0.15, 0.2) is 5.82 Å². The summed E-state index contributed by atoms with van der Waals surface area (Å²) in [6, 6.07) is 13.8. The molecule has 1 aliphatic heterocycles. The molecule has 0 aliphatic carbocycles. The van der Waals surface area contributed by atoms with Crippen LogP contribution in [0.3, 0.4) is 0 Å². The van der Waals surface area contributed by atoms with Crippen LogP contribution in [0.5, 0.6) is 0 Å². The van der Waals surface area contributed by atoms with Crippen LogP contribution in [0.4, 0.5) is 19.0 Å². The summed E-state index contributed by atoms with van der Waals surface area (Å²) in [7, 11) is 1.00. The van der Waals surface area contributed by atoms with Gasteiger partial charge in [0.25, 0.3) is 0 Å². The molecule has 13 heteroatoms. The summed E-state index contributed by atoms with van der Waals surface area (Å²) in [6.45, 7) is 0.978. The fourth-order valence-corrected chi connectivity index (χ4v) is 4.31. The van der Waals surface area contributed by atoms with Crippen LogP contribution in [0.2, 0.25) is 0 Å². The molecule has 0 fully saturated rings. The van der Waals surface area contributed by atoms with Gasteiger partial charge in [-0.3, -0.25) is 9.59 Å². The highest BCUT2D eigenvalue weighted by Crippen LogP contribution is 2.30. The summed E-state index contributed by atoms with van der Waals surface area (Å²) < 4.78 is 42.6. The highest BCUT2D eigenvalue weighted by molar-refractivity contribution is 5.78. The minimum atomic E-state index is -4.64. The number of aliphatic hydroxyl groups excluding tert-OH is 1. The SMILES string of the molecule is CO.O=C(O)CC(Cc1nc(CCCc2ccc3c(n2)NCCC3)no1)c1cc2ccccc2o1.O=CC(F)(F)F. The lowest BCUT2D eigenvalue weighted by Crippen LogP contribution is -2.14. The van der Waals surface area contributed by atoms with Gasteiger partial charge in [-0.2, -0.15) is 18.2 Å². The molecule has 0 saturated carbocycles. The van der Waals surface area contributed by atoms with Crippen molar-refractivity contribution in [3.8, 4) is 0 Å². The third-order valence-corrected chi connectivity index (χ3v) is 6.12. The first kappa shape index (κ1) is 31.3. The summed E-state index contributed by atoms with van der Waals surface area (Å²) in [5, 5.41) is 24.8. The number of para-hydroxylation sites is 1. The monoisotopic (exact) mass is 576 g/mol. The number of hydrogen-bond donors (Lipinski definition) is 3. The molecule has 1 unspecified atom stereocenters. The van der Waals surface area contributed by atoms with Crippen molar-refractivity contribution in [1.82, 2.24) is 15.1 Å². The number of carboxylic acids is 1. The molecule has 3 N–H and O–H groups in total. The van der Waals surface area contributed by atoms with E-state index >= 15 is 0 Å². The maximum Gasteiger partial charge on any atom is 0.446 e. The lowest BCUT2D eigenvalue weighted by atomic mass is 9.98. The Kier molecular flexibility index (Phi) is 11.4. The summed E-state index contributed by atoms with van der Waals surface area (Å²) >= 11 is 0. The van der Waals surface area contributed by atoms with Crippen molar-refractivity contribution in [3.63, 3.8) is 0 Å². The van der Waals surface area contributed by atoms with Gasteiger partial charge in [0, 0.05) is 43.5 Å². The Bertz CT molecular complexity index is 1390. The Morgan fingerprint density at radius 3 is 2.61 bits per heavy atom. The van der Waals surface area contributed by atoms with E-state index in [1.54, 1.807) is 0 Å². The number of alkyl halides is 3. The first-order valence-electron chi connectivity index (χ1n) is 12.9. The van der Waals surface area contributed by atoms with Gasteiger partial charge in [-0.15, -0.1) is 0 Å². The van der Waals surface area contributed by atoms with Gasteiger partial charge in [0.05, 0.1) is 6.42 Å². The molecule has 3 aromatic heterocycles. The number of hydrogen-bond acceptors (Lipinski definition) is 9. The van der Waals surface area contributed by atoms with Crippen molar-refractivity contribution < 1.29 is 41.9 Å². The summed E-state index contributed by atoms with van der Waals surface area (Å²) in [6.07, 6.45) is -0.869. The number of aliphatic hydroxyl groups is 1. The molecular weight excluding hydrogens is 545 g/mol. The average molecular weight is 577 g/mol. The van der Waals surface area contributed by atoms with Gasteiger partial charge in [0.1, 0.15) is 17.2 Å². The molecular formula is C28H31F3N4O6. The smallest absolute Gasteiger partial charge is 0.446 e. The number of carboxylic acid groups (broad SMARTS) is 1. The van der Waals surface area contributed by atoms with Crippen molar-refractivity contribution in [2.45, 2.75) is 57.0 Å². The number of nitrogens with zero attached hydrogens (tertiary/aromatic N) is 3. The Balaban J connectivity index is 0.000000515. The predicted octanol–water partition coefficient (Wildman–Crippen LogP) is 4.90. The quantitative estimate of drug-likeness (QED) is 0.235. The Labute approximate surface area is 233 Å². The highest BCUT2D eigenvalue weighted by Gasteiger charge is 2.25. The maximum atomic E-state index is 11.4. The molecule has 41 heavy (non-hydrogen) atoms. The molecule has 1 atom stereocenters. The minimum Gasteiger partial charge on any atom is -0.481 e. The maximum absolute atomic E-state index is 11.4. The number of aldehydes is 1. The van der Waals surface area contributed by atoms with E-state index in [1.165, 1.54) is 5.56 Å². The lowest BCUT2D eigenvalue weighted by Gasteiger charge is -2.17. The molecule has 0 spiro atoms. The number of benzene rings is 1. The zero-order valence-corrected chi connectivity index (χ0v) is 22.4. The fourth-order valence-electron chi connectivity index (χ4n) is 4.31. The normalized spacial score (nSPS) is 13.1. The van der Waals surface area contributed by atoms with Crippen LogP contribution in [-0.4, -0.2) is 57.4 Å². The van der Waals surface area contributed by atoms with Crippen LogP contribution in [0.1, 0.15) is 53.9 Å². The second-order valence-corrected chi connectivity index (χ2v) is 9.14. The fraction of sp³-hybridized carbons (Fsp3) is 0.393. The van der Waals surface area contributed by atoms with E-state index in [0.29, 0.717) is 30.3 Å². The van der Waals surface area contributed by atoms with Crippen LogP contribution in [-0.2, 0) is 35.3 Å². The van der Waals surface area contributed by atoms with Crippen LogP contribution in [0.25, 0.3) is 11.0 Å². The van der Waals surface area contributed by atoms with E-state index in [1.807, 2.05) is 30.3 Å². The topological polar surface area (TPSA) is 152 Å². The molecule has 10 nitrogen and oxygen atoms in total. The second kappa shape index (κ2) is 14.9. The van der Waals surface area contributed by atoms with E-state index in [0.717, 1.165) is 61.8 Å². The number of anilines is 1. The summed E-state index contributed by atoms with van der Waals surface area (Å²) in [5.74, 6) is 1.40. The van der Waals surface area contributed by atoms with Crippen molar-refractivity contribution in [2.24, 2.45) is 0 Å². The molecule has 220 valence electrons. The molecule has 4 heterocycles. The van der Waals surface area contributed by atoms with Gasteiger partial charge in [-0.25, -0.2) is 4.98 Å². The molecule has 0 amide bonds. The first-order valence-corrected chi connectivity index (χ1v) is 12.9. The van der Waals surface area contributed by atoms with Crippen LogP contribution < -0.4 is 5.32 Å². The third-order valence-electron chi connectivity index (χ3n) is 6.12. The number of nitrogens with one attached hydrogen (secondary N) is 1. The molecule has 0 radical (unpaired) electrons. The van der Waals surface area contributed by atoms with Gasteiger partial charge < -0.3 is 24.5 Å². The molecule has 0 saturated heterocycles. The number of halogens is 3. The average Bonchev–Trinajstić information content (AvgIpc) is 3.60. The zero-order chi connectivity index (χ0) is 29.8. The second-order valence-electron chi connectivity index (χ2n) is 9.14. The van der Waals surface area contributed by atoms with E-state index in [-0.39, 0.29) is 12.3 Å². The number of aromatic nitrogens is 3. The van der Waals surface area contributed by atoms with E-state index < -0.39 is 18.4 Å². The van der Waals surface area contributed by atoms with E-state index in [2.05, 4.69) is 27.6 Å². The largest absolute Gasteiger partial charge is 0.481 e. The molecule has 1 aliphatic rings. The first-order chi connectivity index (χ1) is 19.7. The van der Waals surface area contributed by atoms with E-state index in [4.69, 9.17) is 23.8 Å². The number of rotatable bonds is 9. The standard InChI is InChI=1S/C25H26N4O4.C2HF3O.CH4O/c30-24(31)15-18(21-13-17-5-1-2-8-20(17)32-21)14-23-28-22(29-33-23)9-3-7-19-11-10-16-6-4-12-26-25(16)27-19;3-2(4,5)1-6;1-2/h1-2,5,8,10-11,13,18H,3-4,6-7,9,12,14-15H2,(H,26,27)(H,30,31);1H;2H,1H3. The molecule has 0 bridgehead atoms. The number of aryl methyl sites for hydroxylation is 3. The Morgan fingerprint density at radius 2 is 1.90 bits per heavy atom. The summed E-state index contributed by atoms with van der Waals surface area (Å²) in [4.78, 5) is 29.4. The van der Waals surface area contributed by atoms with Crippen LogP contribution >= 0.6 is 0 Å². The third kappa shape index (κ3) is 9.71. The number of furan rings is 1. The number of fused-ring (bicyclic) bond motifs is 2. The summed E-state index contributed by atoms with van der Waals surface area (Å²) in [5.41, 5.74) is 3.08. The number of aliphatic carboxylic acids is 1. The van der Waals surface area contributed by atoms with Gasteiger partial charge in [0.2, 0.25) is 12.2 Å². The van der Waals surface area contributed by atoms with Crippen molar-refractivity contribution >= 4 is 29.0 Å². The molecule has 4 aromatic rings. The van der Waals surface area contributed by atoms with Crippen LogP contribution in [0.15, 0.2) is 51.4 Å². The Hall–Kier alpha value is -4.26. The van der Waals surface area contributed by atoms with Gasteiger partial charge in [-0.05, 0) is 49.4 Å². The van der Waals surface area contributed by atoms with Crippen molar-refractivity contribution in [3.05, 3.63) is 71.2 Å². The number of carbonyl (C=O) groups excluding carboxylic acids is 1. The number of pyridine rings is 1. The molecule has 5 rings (SSSR count). The zero-order valence-electron chi connectivity index (χ0n) is 22.4. The van der Waals surface area contributed by atoms with Crippen molar-refractivity contribution in [2.75, 3.05) is 19.0 Å².